The zero-order valence-corrected chi connectivity index (χ0v) is 13.3. The predicted molar refractivity (Wildman–Crippen MR) is 84.5 cm³/mol. The summed E-state index contributed by atoms with van der Waals surface area (Å²) in [6, 6.07) is 8.58. The lowest BCUT2D eigenvalue weighted by Crippen LogP contribution is -2.36. The van der Waals surface area contributed by atoms with Crippen molar-refractivity contribution in [2.45, 2.75) is 6.54 Å². The summed E-state index contributed by atoms with van der Waals surface area (Å²) in [5, 5.41) is 2.53. The number of carbonyl (C=O) groups is 1. The Morgan fingerprint density at radius 1 is 1.17 bits per heavy atom. The van der Waals surface area contributed by atoms with Gasteiger partial charge in [0.2, 0.25) is 15.9 Å². The van der Waals surface area contributed by atoms with Crippen LogP contribution in [-0.2, 0) is 21.4 Å². The summed E-state index contributed by atoms with van der Waals surface area (Å²) in [4.78, 5) is 15.9. The van der Waals surface area contributed by atoms with Gasteiger partial charge in [-0.3, -0.25) is 9.78 Å². The highest BCUT2D eigenvalue weighted by Crippen LogP contribution is 2.10. The molecule has 0 aliphatic rings. The van der Waals surface area contributed by atoms with Gasteiger partial charge in [-0.1, -0.05) is 0 Å². The average molecular weight is 337 g/mol. The molecule has 0 unspecified atom stereocenters. The van der Waals surface area contributed by atoms with Crippen molar-refractivity contribution < 1.29 is 17.6 Å². The van der Waals surface area contributed by atoms with Gasteiger partial charge in [0.1, 0.15) is 5.82 Å². The normalized spacial score (nSPS) is 11.4. The second-order valence-electron chi connectivity index (χ2n) is 4.94. The van der Waals surface area contributed by atoms with Gasteiger partial charge in [0.15, 0.2) is 0 Å². The SMILES string of the molecule is CS(=O)(=O)N(CC(=O)Nc1ccc(F)cc1)Cc1ccncc1. The number of rotatable bonds is 6. The van der Waals surface area contributed by atoms with Gasteiger partial charge in [-0.2, -0.15) is 4.31 Å². The predicted octanol–water partition coefficient (Wildman–Crippen LogP) is 1.62. The number of sulfonamides is 1. The maximum Gasteiger partial charge on any atom is 0.239 e. The van der Waals surface area contributed by atoms with Crippen molar-refractivity contribution in [1.29, 1.82) is 0 Å². The first-order valence-electron chi connectivity index (χ1n) is 6.74. The lowest BCUT2D eigenvalue weighted by Gasteiger charge is -2.19. The molecule has 1 amide bonds. The first-order valence-corrected chi connectivity index (χ1v) is 8.59. The van der Waals surface area contributed by atoms with Crippen LogP contribution in [0, 0.1) is 5.82 Å². The highest BCUT2D eigenvalue weighted by atomic mass is 32.2. The molecule has 0 aliphatic carbocycles. The van der Waals surface area contributed by atoms with E-state index in [2.05, 4.69) is 10.3 Å². The highest BCUT2D eigenvalue weighted by molar-refractivity contribution is 7.88. The maximum absolute atomic E-state index is 12.8. The van der Waals surface area contributed by atoms with Crippen molar-refractivity contribution in [2.75, 3.05) is 18.1 Å². The number of carbonyl (C=O) groups excluding carboxylic acids is 1. The summed E-state index contributed by atoms with van der Waals surface area (Å²) in [6.07, 6.45) is 4.14. The van der Waals surface area contributed by atoms with Crippen molar-refractivity contribution in [2.24, 2.45) is 0 Å². The van der Waals surface area contributed by atoms with Gasteiger partial charge in [-0.05, 0) is 42.0 Å². The van der Waals surface area contributed by atoms with E-state index >= 15 is 0 Å². The molecule has 0 saturated heterocycles. The maximum atomic E-state index is 12.8. The third kappa shape index (κ3) is 5.42. The summed E-state index contributed by atoms with van der Waals surface area (Å²) in [6.45, 7) is -0.267. The first-order chi connectivity index (χ1) is 10.8. The van der Waals surface area contributed by atoms with Crippen LogP contribution >= 0.6 is 0 Å². The molecule has 2 rings (SSSR count). The third-order valence-corrected chi connectivity index (χ3v) is 4.22. The molecule has 0 fully saturated rings. The van der Waals surface area contributed by atoms with Gasteiger partial charge in [0.25, 0.3) is 0 Å². The Kier molecular flexibility index (Phi) is 5.41. The quantitative estimate of drug-likeness (QED) is 0.869. The Labute approximate surface area is 134 Å². The molecule has 23 heavy (non-hydrogen) atoms. The van der Waals surface area contributed by atoms with Crippen molar-refractivity contribution in [1.82, 2.24) is 9.29 Å². The van der Waals surface area contributed by atoms with E-state index in [1.54, 1.807) is 24.5 Å². The zero-order valence-electron chi connectivity index (χ0n) is 12.4. The molecule has 1 heterocycles. The van der Waals surface area contributed by atoms with Crippen molar-refractivity contribution in [3.05, 3.63) is 60.2 Å². The highest BCUT2D eigenvalue weighted by Gasteiger charge is 2.20. The number of aromatic nitrogens is 1. The average Bonchev–Trinajstić information content (AvgIpc) is 2.49. The van der Waals surface area contributed by atoms with Crippen LogP contribution in [0.25, 0.3) is 0 Å². The molecule has 2 aromatic rings. The fraction of sp³-hybridized carbons (Fsp3) is 0.200. The van der Waals surface area contributed by atoms with Gasteiger partial charge in [0.05, 0.1) is 12.8 Å². The Balaban J connectivity index is 2.05. The fourth-order valence-electron chi connectivity index (χ4n) is 1.88. The van der Waals surface area contributed by atoms with Crippen LogP contribution in [0.2, 0.25) is 0 Å². The van der Waals surface area contributed by atoms with E-state index in [4.69, 9.17) is 0 Å². The molecule has 6 nitrogen and oxygen atoms in total. The fourth-order valence-corrected chi connectivity index (χ4v) is 2.61. The Morgan fingerprint density at radius 3 is 2.35 bits per heavy atom. The number of halogens is 1. The van der Waals surface area contributed by atoms with Crippen molar-refractivity contribution in [3.63, 3.8) is 0 Å². The van der Waals surface area contributed by atoms with Gasteiger partial charge < -0.3 is 5.32 Å². The van der Waals surface area contributed by atoms with E-state index in [1.165, 1.54) is 24.3 Å². The van der Waals surface area contributed by atoms with E-state index in [9.17, 15) is 17.6 Å². The van der Waals surface area contributed by atoms with E-state index in [-0.39, 0.29) is 13.1 Å². The molecule has 122 valence electrons. The van der Waals surface area contributed by atoms with Gasteiger partial charge in [-0.15, -0.1) is 0 Å². The Hall–Kier alpha value is -2.32. The van der Waals surface area contributed by atoms with E-state index < -0.39 is 21.7 Å². The van der Waals surface area contributed by atoms with Crippen molar-refractivity contribution >= 4 is 21.6 Å². The molecule has 0 spiro atoms. The van der Waals surface area contributed by atoms with Gasteiger partial charge >= 0.3 is 0 Å². The standard InChI is InChI=1S/C15H16FN3O3S/c1-23(21,22)19(10-12-6-8-17-9-7-12)11-15(20)18-14-4-2-13(16)3-5-14/h2-9H,10-11H2,1H3,(H,18,20). The summed E-state index contributed by atoms with van der Waals surface area (Å²) < 4.78 is 37.6. The third-order valence-electron chi connectivity index (χ3n) is 3.03. The number of hydrogen-bond donors (Lipinski definition) is 1. The number of nitrogens with zero attached hydrogens (tertiary/aromatic N) is 2. The van der Waals surface area contributed by atoms with Crippen LogP contribution in [0.3, 0.4) is 0 Å². The molecule has 0 radical (unpaired) electrons. The number of benzene rings is 1. The Bertz CT molecular complexity index is 764. The number of anilines is 1. The number of amides is 1. The minimum atomic E-state index is -3.57. The number of pyridine rings is 1. The molecule has 0 saturated carbocycles. The molecular weight excluding hydrogens is 321 g/mol. The topological polar surface area (TPSA) is 79.4 Å². The van der Waals surface area contributed by atoms with Gasteiger partial charge in [-0.25, -0.2) is 12.8 Å². The molecule has 0 aliphatic heterocycles. The number of nitrogens with one attached hydrogen (secondary N) is 1. The lowest BCUT2D eigenvalue weighted by atomic mass is 10.2. The first kappa shape index (κ1) is 17.0. The van der Waals surface area contributed by atoms with Crippen molar-refractivity contribution in [3.8, 4) is 0 Å². The van der Waals surface area contributed by atoms with Crippen LogP contribution in [0.15, 0.2) is 48.8 Å². The minimum Gasteiger partial charge on any atom is -0.325 e. The second kappa shape index (κ2) is 7.30. The Morgan fingerprint density at radius 2 is 1.78 bits per heavy atom. The van der Waals surface area contributed by atoms with Crippen LogP contribution in [-0.4, -0.2) is 36.4 Å². The van der Waals surface area contributed by atoms with Gasteiger partial charge in [0, 0.05) is 24.6 Å². The monoisotopic (exact) mass is 337 g/mol. The summed E-state index contributed by atoms with van der Waals surface area (Å²) in [5.74, 6) is -0.922. The van der Waals surface area contributed by atoms with E-state index in [0.717, 1.165) is 16.1 Å². The van der Waals surface area contributed by atoms with Crippen LogP contribution in [0.1, 0.15) is 5.56 Å². The molecule has 0 bridgehead atoms. The largest absolute Gasteiger partial charge is 0.325 e. The summed E-state index contributed by atoms with van der Waals surface area (Å²) in [5.41, 5.74) is 1.12. The summed E-state index contributed by atoms with van der Waals surface area (Å²) in [7, 11) is -3.57. The smallest absolute Gasteiger partial charge is 0.239 e. The molecule has 0 atom stereocenters. The van der Waals surface area contributed by atoms with Crippen LogP contribution in [0.5, 0.6) is 0 Å². The van der Waals surface area contributed by atoms with E-state index in [1.807, 2.05) is 0 Å². The summed E-state index contributed by atoms with van der Waals surface area (Å²) >= 11 is 0. The zero-order chi connectivity index (χ0) is 16.9. The lowest BCUT2D eigenvalue weighted by molar-refractivity contribution is -0.116. The van der Waals surface area contributed by atoms with E-state index in [0.29, 0.717) is 5.69 Å². The second-order valence-corrected chi connectivity index (χ2v) is 6.92. The molecule has 1 aromatic carbocycles. The molecular formula is C15H16FN3O3S. The molecule has 1 aromatic heterocycles. The minimum absolute atomic E-state index is 0.0676. The van der Waals surface area contributed by atoms with Crippen LogP contribution < -0.4 is 5.32 Å². The molecule has 8 heteroatoms. The molecule has 1 N–H and O–H groups in total. The van der Waals surface area contributed by atoms with Crippen LogP contribution in [0.4, 0.5) is 10.1 Å². The number of hydrogen-bond acceptors (Lipinski definition) is 4.